The van der Waals surface area contributed by atoms with Crippen molar-refractivity contribution in [2.24, 2.45) is 0 Å². The molecule has 2 N–H and O–H groups in total. The van der Waals surface area contributed by atoms with E-state index >= 15 is 0 Å². The van der Waals surface area contributed by atoms with Gasteiger partial charge in [0.25, 0.3) is 5.88 Å². The Kier molecular flexibility index (Phi) is 3.47. The van der Waals surface area contributed by atoms with E-state index in [2.05, 4.69) is 9.97 Å². The monoisotopic (exact) mass is 269 g/mol. The van der Waals surface area contributed by atoms with Crippen LogP contribution in [0, 0.1) is 5.82 Å². The predicted octanol–water partition coefficient (Wildman–Crippen LogP) is 2.65. The van der Waals surface area contributed by atoms with E-state index in [1.54, 1.807) is 6.07 Å². The van der Waals surface area contributed by atoms with Crippen LogP contribution in [0.2, 0.25) is 5.02 Å². The number of nitrogens with zero attached hydrogens (tertiary/aromatic N) is 2. The standard InChI is InChI=1S/C11H9ClFN3O2/c1-17-9-10(14)15-5-16-11(9)18-7-4-2-3-6(12)8(7)13/h2-5H,1H3,(H2,14,15,16). The number of rotatable bonds is 3. The fraction of sp³-hybridized carbons (Fsp3) is 0.0909. The van der Waals surface area contributed by atoms with Crippen molar-refractivity contribution < 1.29 is 13.9 Å². The zero-order valence-electron chi connectivity index (χ0n) is 9.35. The number of anilines is 1. The Hall–Kier alpha value is -2.08. The van der Waals surface area contributed by atoms with Crippen molar-refractivity contribution in [1.29, 1.82) is 0 Å². The third-order valence-corrected chi connectivity index (χ3v) is 2.42. The number of aromatic nitrogens is 2. The summed E-state index contributed by atoms with van der Waals surface area (Å²) in [5.74, 6) is -0.495. The SMILES string of the molecule is COc1c(N)ncnc1Oc1cccc(Cl)c1F. The maximum absolute atomic E-state index is 13.7. The molecule has 0 spiro atoms. The summed E-state index contributed by atoms with van der Waals surface area (Å²) in [4.78, 5) is 7.56. The Labute approximate surface area is 107 Å². The first-order chi connectivity index (χ1) is 8.63. The van der Waals surface area contributed by atoms with Crippen molar-refractivity contribution in [3.05, 3.63) is 35.4 Å². The van der Waals surface area contributed by atoms with Gasteiger partial charge >= 0.3 is 0 Å². The van der Waals surface area contributed by atoms with Crippen LogP contribution in [0.3, 0.4) is 0 Å². The van der Waals surface area contributed by atoms with Crippen molar-refractivity contribution in [3.8, 4) is 17.4 Å². The van der Waals surface area contributed by atoms with E-state index in [1.165, 1.54) is 25.6 Å². The van der Waals surface area contributed by atoms with Gasteiger partial charge in [0.2, 0.25) is 5.75 Å². The molecule has 5 nitrogen and oxygen atoms in total. The molecule has 0 unspecified atom stereocenters. The molecule has 0 saturated heterocycles. The van der Waals surface area contributed by atoms with Crippen LogP contribution in [-0.2, 0) is 0 Å². The maximum Gasteiger partial charge on any atom is 0.268 e. The molecule has 0 bridgehead atoms. The molecule has 0 amide bonds. The zero-order chi connectivity index (χ0) is 13.1. The van der Waals surface area contributed by atoms with E-state index in [0.717, 1.165) is 0 Å². The maximum atomic E-state index is 13.7. The first-order valence-corrected chi connectivity index (χ1v) is 5.27. The number of hydrogen-bond donors (Lipinski definition) is 1. The van der Waals surface area contributed by atoms with E-state index in [-0.39, 0.29) is 28.2 Å². The lowest BCUT2D eigenvalue weighted by atomic mass is 10.3. The Morgan fingerprint density at radius 2 is 2.11 bits per heavy atom. The van der Waals surface area contributed by atoms with Gasteiger partial charge in [0.05, 0.1) is 12.1 Å². The molecule has 94 valence electrons. The summed E-state index contributed by atoms with van der Waals surface area (Å²) < 4.78 is 23.9. The predicted molar refractivity (Wildman–Crippen MR) is 64.5 cm³/mol. The highest BCUT2D eigenvalue weighted by Crippen LogP contribution is 2.34. The van der Waals surface area contributed by atoms with Gasteiger partial charge in [-0.25, -0.2) is 9.37 Å². The summed E-state index contributed by atoms with van der Waals surface area (Å²) in [6, 6.07) is 4.38. The fourth-order valence-corrected chi connectivity index (χ4v) is 1.47. The van der Waals surface area contributed by atoms with E-state index in [9.17, 15) is 4.39 Å². The highest BCUT2D eigenvalue weighted by atomic mass is 35.5. The number of hydrogen-bond acceptors (Lipinski definition) is 5. The lowest BCUT2D eigenvalue weighted by molar-refractivity contribution is 0.361. The van der Waals surface area contributed by atoms with Gasteiger partial charge in [0, 0.05) is 0 Å². The first kappa shape index (κ1) is 12.4. The molecule has 0 aliphatic rings. The third kappa shape index (κ3) is 2.28. The summed E-state index contributed by atoms with van der Waals surface area (Å²) in [6.45, 7) is 0. The minimum absolute atomic E-state index is 0.0196. The lowest BCUT2D eigenvalue weighted by Gasteiger charge is -2.10. The molecular weight excluding hydrogens is 261 g/mol. The van der Waals surface area contributed by atoms with Crippen LogP contribution in [0.5, 0.6) is 17.4 Å². The van der Waals surface area contributed by atoms with E-state index in [0.29, 0.717) is 0 Å². The molecule has 0 atom stereocenters. The van der Waals surface area contributed by atoms with Crippen molar-refractivity contribution in [3.63, 3.8) is 0 Å². The minimum atomic E-state index is -0.682. The molecule has 18 heavy (non-hydrogen) atoms. The quantitative estimate of drug-likeness (QED) is 0.927. The number of nitrogens with two attached hydrogens (primary N) is 1. The Balaban J connectivity index is 2.40. The Morgan fingerprint density at radius 3 is 2.83 bits per heavy atom. The van der Waals surface area contributed by atoms with Gasteiger partial charge in [-0.3, -0.25) is 0 Å². The summed E-state index contributed by atoms with van der Waals surface area (Å²) in [5, 5.41) is -0.0477. The van der Waals surface area contributed by atoms with Gasteiger partial charge in [-0.2, -0.15) is 4.98 Å². The van der Waals surface area contributed by atoms with Crippen LogP contribution in [0.25, 0.3) is 0 Å². The highest BCUT2D eigenvalue weighted by molar-refractivity contribution is 6.30. The molecule has 0 aliphatic heterocycles. The van der Waals surface area contributed by atoms with Gasteiger partial charge < -0.3 is 15.2 Å². The van der Waals surface area contributed by atoms with E-state index in [4.69, 9.17) is 26.8 Å². The normalized spacial score (nSPS) is 10.2. The topological polar surface area (TPSA) is 70.3 Å². The third-order valence-electron chi connectivity index (χ3n) is 2.13. The number of benzene rings is 1. The van der Waals surface area contributed by atoms with E-state index in [1.807, 2.05) is 0 Å². The second-order valence-electron chi connectivity index (χ2n) is 3.25. The number of methoxy groups -OCH3 is 1. The van der Waals surface area contributed by atoms with Crippen LogP contribution >= 0.6 is 11.6 Å². The Morgan fingerprint density at radius 1 is 1.33 bits per heavy atom. The zero-order valence-corrected chi connectivity index (χ0v) is 10.1. The molecule has 7 heteroatoms. The number of nitrogen functional groups attached to an aromatic ring is 1. The van der Waals surface area contributed by atoms with Crippen LogP contribution in [0.15, 0.2) is 24.5 Å². The van der Waals surface area contributed by atoms with Crippen LogP contribution in [0.4, 0.5) is 10.2 Å². The highest BCUT2D eigenvalue weighted by Gasteiger charge is 2.15. The summed E-state index contributed by atoms with van der Waals surface area (Å²) in [5.41, 5.74) is 5.58. The number of halogens is 2. The summed E-state index contributed by atoms with van der Waals surface area (Å²) in [7, 11) is 1.39. The van der Waals surface area contributed by atoms with Gasteiger partial charge in [-0.15, -0.1) is 0 Å². The first-order valence-electron chi connectivity index (χ1n) is 4.89. The second-order valence-corrected chi connectivity index (χ2v) is 3.66. The molecule has 1 aromatic heterocycles. The Bertz CT molecular complexity index is 580. The molecule has 0 radical (unpaired) electrons. The molecule has 2 rings (SSSR count). The van der Waals surface area contributed by atoms with Gasteiger partial charge in [0.15, 0.2) is 17.4 Å². The molecular formula is C11H9ClFN3O2. The molecule has 0 saturated carbocycles. The van der Waals surface area contributed by atoms with Crippen molar-refractivity contribution in [2.45, 2.75) is 0 Å². The number of ether oxygens (including phenoxy) is 2. The van der Waals surface area contributed by atoms with Crippen LogP contribution in [0.1, 0.15) is 0 Å². The van der Waals surface area contributed by atoms with Gasteiger partial charge in [0.1, 0.15) is 6.33 Å². The average molecular weight is 270 g/mol. The molecule has 0 aliphatic carbocycles. The van der Waals surface area contributed by atoms with Gasteiger partial charge in [-0.1, -0.05) is 17.7 Å². The average Bonchev–Trinajstić information content (AvgIpc) is 2.35. The smallest absolute Gasteiger partial charge is 0.268 e. The molecule has 2 aromatic rings. The van der Waals surface area contributed by atoms with Crippen LogP contribution in [-0.4, -0.2) is 17.1 Å². The molecule has 0 fully saturated rings. The summed E-state index contributed by atoms with van der Waals surface area (Å²) in [6.07, 6.45) is 1.19. The van der Waals surface area contributed by atoms with Gasteiger partial charge in [-0.05, 0) is 12.1 Å². The van der Waals surface area contributed by atoms with Crippen molar-refractivity contribution in [2.75, 3.05) is 12.8 Å². The summed E-state index contributed by atoms with van der Waals surface area (Å²) >= 11 is 5.64. The van der Waals surface area contributed by atoms with Crippen LogP contribution < -0.4 is 15.2 Å². The lowest BCUT2D eigenvalue weighted by Crippen LogP contribution is -2.01. The molecule has 1 heterocycles. The largest absolute Gasteiger partial charge is 0.489 e. The van der Waals surface area contributed by atoms with Crippen molar-refractivity contribution >= 4 is 17.4 Å². The van der Waals surface area contributed by atoms with Crippen molar-refractivity contribution in [1.82, 2.24) is 9.97 Å². The van der Waals surface area contributed by atoms with E-state index < -0.39 is 5.82 Å². The molecule has 1 aromatic carbocycles. The minimum Gasteiger partial charge on any atom is -0.489 e. The fourth-order valence-electron chi connectivity index (χ4n) is 1.30. The second kappa shape index (κ2) is 5.05.